The van der Waals surface area contributed by atoms with Crippen LogP contribution in [0.5, 0.6) is 0 Å². The van der Waals surface area contributed by atoms with E-state index < -0.39 is 43.4 Å². The Kier molecular flexibility index (Phi) is 8.29. The second-order valence-corrected chi connectivity index (χ2v) is 4.53. The van der Waals surface area contributed by atoms with Crippen molar-refractivity contribution < 1.29 is 43.7 Å². The van der Waals surface area contributed by atoms with E-state index in [4.69, 9.17) is 5.21 Å². The Morgan fingerprint density at radius 2 is 2.00 bits per heavy atom. The Hall–Kier alpha value is -3.42. The molecule has 4 N–H and O–H groups in total. The molecule has 14 nitrogen and oxygen atoms in total. The lowest BCUT2D eigenvalue weighted by molar-refractivity contribution is -0.173. The van der Waals surface area contributed by atoms with Crippen LogP contribution in [0.2, 0.25) is 0 Å². The molecule has 1 aromatic heterocycles. The smallest absolute Gasteiger partial charge is 0.407 e. The van der Waals surface area contributed by atoms with Gasteiger partial charge in [-0.2, -0.15) is 0 Å². The third-order valence-electron chi connectivity index (χ3n) is 2.67. The van der Waals surface area contributed by atoms with Gasteiger partial charge in [0.05, 0.1) is 13.3 Å². The van der Waals surface area contributed by atoms with Crippen molar-refractivity contribution in [1.29, 1.82) is 0 Å². The number of rotatable bonds is 9. The summed E-state index contributed by atoms with van der Waals surface area (Å²) >= 11 is 0. The topological polar surface area (TPSA) is 191 Å². The molecule has 0 aliphatic heterocycles. The number of aliphatic hydroxyl groups is 1. The van der Waals surface area contributed by atoms with Crippen molar-refractivity contribution in [3.8, 4) is 0 Å². The van der Waals surface area contributed by atoms with Gasteiger partial charge in [-0.15, -0.1) is 5.10 Å². The van der Waals surface area contributed by atoms with E-state index in [1.165, 1.54) is 0 Å². The molecule has 0 bridgehead atoms. The quantitative estimate of drug-likeness (QED) is 0.201. The van der Waals surface area contributed by atoms with E-state index in [1.54, 1.807) is 0 Å². The molecule has 0 radical (unpaired) electrons. The Morgan fingerprint density at radius 1 is 1.27 bits per heavy atom. The average molecular weight is 375 g/mol. The third-order valence-corrected chi connectivity index (χ3v) is 2.67. The summed E-state index contributed by atoms with van der Waals surface area (Å²) in [5.41, 5.74) is -0.156. The number of alkyl carbamates (subject to hydrolysis) is 1. The first-order valence-corrected chi connectivity index (χ1v) is 7.05. The molecule has 14 heteroatoms. The van der Waals surface area contributed by atoms with Crippen LogP contribution in [-0.2, 0) is 23.8 Å². The molecule has 0 aromatic carbocycles. The predicted molar refractivity (Wildman–Crippen MR) is 77.6 cm³/mol. The van der Waals surface area contributed by atoms with Gasteiger partial charge in [-0.05, 0) is 5.21 Å². The first-order chi connectivity index (χ1) is 12.3. The monoisotopic (exact) mass is 375 g/mol. The van der Waals surface area contributed by atoms with Crippen molar-refractivity contribution in [2.75, 3.05) is 27.0 Å². The Bertz CT molecular complexity index is 647. The van der Waals surface area contributed by atoms with Crippen LogP contribution in [0.4, 0.5) is 4.79 Å². The van der Waals surface area contributed by atoms with Gasteiger partial charge in [-0.3, -0.25) is 9.59 Å². The van der Waals surface area contributed by atoms with E-state index in [0.29, 0.717) is 4.85 Å². The predicted octanol–water partition coefficient (Wildman–Crippen LogP) is -2.60. The van der Waals surface area contributed by atoms with Gasteiger partial charge in [0, 0.05) is 13.0 Å². The number of aromatic nitrogens is 3. The molecule has 1 atom stereocenters. The van der Waals surface area contributed by atoms with Crippen molar-refractivity contribution in [1.82, 2.24) is 25.8 Å². The fourth-order valence-electron chi connectivity index (χ4n) is 1.41. The number of carbonyl (C=O) groups is 4. The lowest BCUT2D eigenvalue weighted by Crippen LogP contribution is -2.33. The average Bonchev–Trinajstić information content (AvgIpc) is 3.05. The summed E-state index contributed by atoms with van der Waals surface area (Å²) in [6.07, 6.45) is -1.63. The minimum atomic E-state index is -1.57. The molecule has 0 unspecified atom stereocenters. The molecule has 1 aromatic rings. The summed E-state index contributed by atoms with van der Waals surface area (Å²) in [6, 6.07) is 0. The Morgan fingerprint density at radius 3 is 2.62 bits per heavy atom. The zero-order valence-corrected chi connectivity index (χ0v) is 13.6. The normalized spacial score (nSPS) is 11.2. The third kappa shape index (κ3) is 7.43. The van der Waals surface area contributed by atoms with Crippen LogP contribution in [0.3, 0.4) is 0 Å². The highest BCUT2D eigenvalue weighted by Crippen LogP contribution is 1.96. The lowest BCUT2D eigenvalue weighted by atomic mass is 10.2. The lowest BCUT2D eigenvalue weighted by Gasteiger charge is -2.11. The molecule has 0 fully saturated rings. The molecule has 0 aliphatic rings. The number of hydrogen-bond donors (Lipinski definition) is 4. The van der Waals surface area contributed by atoms with Gasteiger partial charge in [0.1, 0.15) is 6.54 Å². The maximum absolute atomic E-state index is 11.6. The summed E-state index contributed by atoms with van der Waals surface area (Å²) in [5.74, 6) is -2.63. The second-order valence-electron chi connectivity index (χ2n) is 4.53. The zero-order chi connectivity index (χ0) is 19.5. The number of nitrogens with zero attached hydrogens (tertiary/aromatic N) is 3. The maximum atomic E-state index is 11.6. The van der Waals surface area contributed by atoms with E-state index in [2.05, 4.69) is 35.2 Å². The van der Waals surface area contributed by atoms with Crippen LogP contribution in [0.15, 0.2) is 6.20 Å². The minimum absolute atomic E-state index is 0.101. The molecule has 1 rings (SSSR count). The molecule has 0 saturated heterocycles. The molecule has 0 saturated carbocycles. The van der Waals surface area contributed by atoms with Gasteiger partial charge in [0.15, 0.2) is 11.8 Å². The summed E-state index contributed by atoms with van der Waals surface area (Å²) in [7, 11) is 1.11. The van der Waals surface area contributed by atoms with Gasteiger partial charge in [0.2, 0.25) is 6.79 Å². The molecule has 26 heavy (non-hydrogen) atoms. The van der Waals surface area contributed by atoms with Crippen molar-refractivity contribution >= 4 is 23.9 Å². The Labute approximate surface area is 146 Å². The number of carbonyl (C=O) groups excluding carboxylic acids is 4. The fourth-order valence-corrected chi connectivity index (χ4v) is 1.41. The molecular weight excluding hydrogens is 358 g/mol. The van der Waals surface area contributed by atoms with Crippen LogP contribution >= 0.6 is 0 Å². The van der Waals surface area contributed by atoms with Crippen LogP contribution < -0.4 is 10.6 Å². The van der Waals surface area contributed by atoms with Crippen LogP contribution in [-0.4, -0.2) is 82.5 Å². The summed E-state index contributed by atoms with van der Waals surface area (Å²) < 4.78 is 13.2. The van der Waals surface area contributed by atoms with Gasteiger partial charge in [0.25, 0.3) is 5.91 Å². The minimum Gasteiger partial charge on any atom is -0.453 e. The van der Waals surface area contributed by atoms with E-state index in [1.807, 2.05) is 0 Å². The van der Waals surface area contributed by atoms with Crippen LogP contribution in [0, 0.1) is 0 Å². The van der Waals surface area contributed by atoms with Crippen LogP contribution in [0.1, 0.15) is 16.9 Å². The fraction of sp³-hybridized carbons (Fsp3) is 0.500. The van der Waals surface area contributed by atoms with Crippen molar-refractivity contribution in [2.45, 2.75) is 12.5 Å². The molecule has 2 amide bonds. The number of nitrogens with one attached hydrogen (secondary N) is 2. The standard InChI is InChI=1S/C12H17N5O9/c1-24-12(22)14-4-9(19)25-6-26-11(21)8(18)2-3-13-10(20)7-5-17(23)16-15-7/h5,8,18,23H,2-4,6H2,1H3,(H,13,20)(H,14,22)/t8-/m1/s1. The SMILES string of the molecule is COC(=O)NCC(=O)OCOC(=O)[C@H](O)CCNC(=O)c1cn(O)nn1. The molecular formula is C12H17N5O9. The number of aliphatic hydroxyl groups excluding tert-OH is 1. The van der Waals surface area contributed by atoms with E-state index in [-0.39, 0.29) is 18.7 Å². The number of amides is 2. The maximum Gasteiger partial charge on any atom is 0.407 e. The summed E-state index contributed by atoms with van der Waals surface area (Å²) in [6.45, 7) is -1.35. The van der Waals surface area contributed by atoms with Gasteiger partial charge < -0.3 is 35.2 Å². The van der Waals surface area contributed by atoms with Crippen molar-refractivity contribution in [2.24, 2.45) is 0 Å². The second kappa shape index (κ2) is 10.4. The molecule has 144 valence electrons. The highest BCUT2D eigenvalue weighted by molar-refractivity contribution is 5.91. The van der Waals surface area contributed by atoms with Gasteiger partial charge in [-0.1, -0.05) is 4.85 Å². The molecule has 0 aliphatic carbocycles. The highest BCUT2D eigenvalue weighted by Gasteiger charge is 2.18. The van der Waals surface area contributed by atoms with Crippen molar-refractivity contribution in [3.63, 3.8) is 0 Å². The van der Waals surface area contributed by atoms with E-state index in [9.17, 15) is 24.3 Å². The first kappa shape index (κ1) is 20.6. The van der Waals surface area contributed by atoms with Crippen molar-refractivity contribution in [3.05, 3.63) is 11.9 Å². The van der Waals surface area contributed by atoms with Gasteiger partial charge >= 0.3 is 18.0 Å². The number of methoxy groups -OCH3 is 1. The Balaban J connectivity index is 2.17. The largest absolute Gasteiger partial charge is 0.453 e. The summed E-state index contributed by atoms with van der Waals surface area (Å²) in [5, 5.41) is 29.3. The first-order valence-electron chi connectivity index (χ1n) is 7.05. The highest BCUT2D eigenvalue weighted by atomic mass is 16.7. The van der Waals surface area contributed by atoms with E-state index >= 15 is 0 Å². The van der Waals surface area contributed by atoms with Gasteiger partial charge in [-0.25, -0.2) is 9.59 Å². The molecule has 0 spiro atoms. The van der Waals surface area contributed by atoms with Crippen LogP contribution in [0.25, 0.3) is 0 Å². The number of hydrogen-bond acceptors (Lipinski definition) is 11. The van der Waals surface area contributed by atoms with E-state index in [0.717, 1.165) is 13.3 Å². The zero-order valence-electron chi connectivity index (χ0n) is 13.6. The number of esters is 2. The number of ether oxygens (including phenoxy) is 3. The summed E-state index contributed by atoms with van der Waals surface area (Å²) in [4.78, 5) is 45.3. The molecule has 1 heterocycles.